The lowest BCUT2D eigenvalue weighted by Crippen LogP contribution is -2.45. The third-order valence-electron chi connectivity index (χ3n) is 3.63. The Morgan fingerprint density at radius 2 is 2.00 bits per heavy atom. The first-order valence-electron chi connectivity index (χ1n) is 7.03. The van der Waals surface area contributed by atoms with Crippen LogP contribution >= 0.6 is 11.6 Å². The van der Waals surface area contributed by atoms with E-state index in [0.29, 0.717) is 10.8 Å². The van der Waals surface area contributed by atoms with Crippen LogP contribution in [0.2, 0.25) is 5.02 Å². The van der Waals surface area contributed by atoms with Gasteiger partial charge in [-0.25, -0.2) is 0 Å². The molecule has 0 aliphatic heterocycles. The van der Waals surface area contributed by atoms with E-state index in [2.05, 4.69) is 5.32 Å². The summed E-state index contributed by atoms with van der Waals surface area (Å²) in [6.07, 6.45) is 3.23. The number of para-hydroxylation sites is 1. The molecule has 2 rings (SSSR count). The Kier molecular flexibility index (Phi) is 5.26. The summed E-state index contributed by atoms with van der Waals surface area (Å²) < 4.78 is 5.60. The summed E-state index contributed by atoms with van der Waals surface area (Å²) in [5.74, 6) is 0.424. The van der Waals surface area contributed by atoms with Gasteiger partial charge >= 0.3 is 0 Å². The molecule has 1 amide bonds. The fourth-order valence-corrected chi connectivity index (χ4v) is 2.55. The molecule has 1 aromatic carbocycles. The molecular formula is C15H21ClN2O2. The van der Waals surface area contributed by atoms with Crippen molar-refractivity contribution < 1.29 is 9.53 Å². The van der Waals surface area contributed by atoms with Gasteiger partial charge in [0.15, 0.2) is 6.10 Å². The minimum Gasteiger partial charge on any atom is -0.479 e. The molecule has 0 bridgehead atoms. The summed E-state index contributed by atoms with van der Waals surface area (Å²) in [7, 11) is 0. The highest BCUT2D eigenvalue weighted by molar-refractivity contribution is 6.32. The summed E-state index contributed by atoms with van der Waals surface area (Å²) in [6, 6.07) is 7.63. The number of ether oxygens (including phenoxy) is 1. The molecule has 1 aliphatic rings. The summed E-state index contributed by atoms with van der Waals surface area (Å²) in [5, 5.41) is 3.53. The van der Waals surface area contributed by atoms with Crippen LogP contribution in [-0.4, -0.2) is 24.1 Å². The topological polar surface area (TPSA) is 64.3 Å². The van der Waals surface area contributed by atoms with Crippen molar-refractivity contribution in [1.82, 2.24) is 5.32 Å². The first-order chi connectivity index (χ1) is 9.56. The highest BCUT2D eigenvalue weighted by atomic mass is 35.5. The van der Waals surface area contributed by atoms with E-state index >= 15 is 0 Å². The standard InChI is InChI=1S/C15H21ClN2O2/c1-10(20-14-5-3-2-4-13(14)16)15(19)18-12-8-6-11(17)7-9-12/h2-5,10-12H,6-9,17H2,1H3,(H,18,19). The second-order valence-corrected chi connectivity index (χ2v) is 5.72. The van der Waals surface area contributed by atoms with Crippen LogP contribution < -0.4 is 15.8 Å². The largest absolute Gasteiger partial charge is 0.479 e. The van der Waals surface area contributed by atoms with E-state index in [1.165, 1.54) is 0 Å². The number of nitrogens with two attached hydrogens (primary N) is 1. The van der Waals surface area contributed by atoms with Crippen LogP contribution in [-0.2, 0) is 4.79 Å². The maximum Gasteiger partial charge on any atom is 0.260 e. The van der Waals surface area contributed by atoms with Crippen LogP contribution in [0, 0.1) is 0 Å². The summed E-state index contributed by atoms with van der Waals surface area (Å²) in [5.41, 5.74) is 5.85. The van der Waals surface area contributed by atoms with E-state index in [1.54, 1.807) is 19.1 Å². The number of halogens is 1. The second kappa shape index (κ2) is 6.95. The lowest BCUT2D eigenvalue weighted by molar-refractivity contribution is -0.128. The van der Waals surface area contributed by atoms with Gasteiger partial charge in [0.2, 0.25) is 0 Å². The number of rotatable bonds is 4. The van der Waals surface area contributed by atoms with Gasteiger partial charge in [-0.05, 0) is 44.7 Å². The molecule has 20 heavy (non-hydrogen) atoms. The minimum atomic E-state index is -0.564. The first-order valence-corrected chi connectivity index (χ1v) is 7.41. The second-order valence-electron chi connectivity index (χ2n) is 5.31. The quantitative estimate of drug-likeness (QED) is 0.897. The van der Waals surface area contributed by atoms with Gasteiger partial charge < -0.3 is 15.8 Å². The van der Waals surface area contributed by atoms with Crippen LogP contribution in [0.4, 0.5) is 0 Å². The lowest BCUT2D eigenvalue weighted by atomic mass is 9.92. The van der Waals surface area contributed by atoms with Gasteiger partial charge in [-0.1, -0.05) is 23.7 Å². The van der Waals surface area contributed by atoms with Gasteiger partial charge in [-0.15, -0.1) is 0 Å². The van der Waals surface area contributed by atoms with Crippen molar-refractivity contribution in [2.75, 3.05) is 0 Å². The molecule has 0 radical (unpaired) electrons. The third kappa shape index (κ3) is 4.12. The molecule has 0 saturated heterocycles. The molecule has 1 aromatic rings. The van der Waals surface area contributed by atoms with E-state index in [0.717, 1.165) is 25.7 Å². The fraction of sp³-hybridized carbons (Fsp3) is 0.533. The van der Waals surface area contributed by atoms with Gasteiger partial charge in [0.25, 0.3) is 5.91 Å². The Morgan fingerprint density at radius 3 is 2.65 bits per heavy atom. The maximum atomic E-state index is 12.1. The summed E-state index contributed by atoms with van der Waals surface area (Å²) >= 11 is 6.01. The SMILES string of the molecule is CC(Oc1ccccc1Cl)C(=O)NC1CCC(N)CC1. The number of hydrogen-bond acceptors (Lipinski definition) is 3. The molecule has 1 unspecified atom stereocenters. The zero-order valence-electron chi connectivity index (χ0n) is 11.6. The Labute approximate surface area is 124 Å². The molecule has 1 atom stereocenters. The van der Waals surface area contributed by atoms with Gasteiger partial charge in [0, 0.05) is 12.1 Å². The molecule has 5 heteroatoms. The number of benzene rings is 1. The van der Waals surface area contributed by atoms with Crippen molar-refractivity contribution in [3.8, 4) is 5.75 Å². The molecular weight excluding hydrogens is 276 g/mol. The average Bonchev–Trinajstić information content (AvgIpc) is 2.44. The van der Waals surface area contributed by atoms with Crippen molar-refractivity contribution in [3.05, 3.63) is 29.3 Å². The number of amides is 1. The molecule has 1 saturated carbocycles. The van der Waals surface area contributed by atoms with Gasteiger partial charge in [0.05, 0.1) is 5.02 Å². The van der Waals surface area contributed by atoms with Gasteiger partial charge in [0.1, 0.15) is 5.75 Å². The third-order valence-corrected chi connectivity index (χ3v) is 3.94. The average molecular weight is 297 g/mol. The number of hydrogen-bond donors (Lipinski definition) is 2. The number of carbonyl (C=O) groups excluding carboxylic acids is 1. The van der Waals surface area contributed by atoms with Crippen LogP contribution in [0.3, 0.4) is 0 Å². The van der Waals surface area contributed by atoms with Crippen molar-refractivity contribution in [2.24, 2.45) is 5.73 Å². The Balaban J connectivity index is 1.84. The van der Waals surface area contributed by atoms with E-state index in [4.69, 9.17) is 22.1 Å². The smallest absolute Gasteiger partial charge is 0.260 e. The predicted molar refractivity (Wildman–Crippen MR) is 79.9 cm³/mol. The van der Waals surface area contributed by atoms with E-state index in [1.807, 2.05) is 12.1 Å². The zero-order chi connectivity index (χ0) is 14.5. The first kappa shape index (κ1) is 15.1. The fourth-order valence-electron chi connectivity index (χ4n) is 2.37. The molecule has 4 nitrogen and oxygen atoms in total. The van der Waals surface area contributed by atoms with Crippen molar-refractivity contribution in [1.29, 1.82) is 0 Å². The predicted octanol–water partition coefficient (Wildman–Crippen LogP) is 2.49. The molecule has 1 fully saturated rings. The van der Waals surface area contributed by atoms with Crippen LogP contribution in [0.15, 0.2) is 24.3 Å². The Hall–Kier alpha value is -1.26. The van der Waals surface area contributed by atoms with Crippen molar-refractivity contribution >= 4 is 17.5 Å². The zero-order valence-corrected chi connectivity index (χ0v) is 12.4. The highest BCUT2D eigenvalue weighted by Crippen LogP contribution is 2.24. The molecule has 0 aromatic heterocycles. The van der Waals surface area contributed by atoms with E-state index < -0.39 is 6.10 Å². The molecule has 0 spiro atoms. The minimum absolute atomic E-state index is 0.106. The molecule has 3 N–H and O–H groups in total. The normalized spacial score (nSPS) is 23.9. The van der Waals surface area contributed by atoms with Crippen molar-refractivity contribution in [2.45, 2.75) is 50.8 Å². The van der Waals surface area contributed by atoms with Gasteiger partial charge in [-0.2, -0.15) is 0 Å². The van der Waals surface area contributed by atoms with E-state index in [-0.39, 0.29) is 18.0 Å². The molecule has 0 heterocycles. The molecule has 110 valence electrons. The summed E-state index contributed by atoms with van der Waals surface area (Å²) in [4.78, 5) is 12.1. The lowest BCUT2D eigenvalue weighted by Gasteiger charge is -2.28. The Bertz CT molecular complexity index is 459. The van der Waals surface area contributed by atoms with Crippen LogP contribution in [0.1, 0.15) is 32.6 Å². The van der Waals surface area contributed by atoms with Crippen LogP contribution in [0.25, 0.3) is 0 Å². The number of nitrogens with one attached hydrogen (secondary N) is 1. The maximum absolute atomic E-state index is 12.1. The monoisotopic (exact) mass is 296 g/mol. The number of carbonyl (C=O) groups is 1. The Morgan fingerprint density at radius 1 is 1.35 bits per heavy atom. The van der Waals surface area contributed by atoms with Gasteiger partial charge in [-0.3, -0.25) is 4.79 Å². The highest BCUT2D eigenvalue weighted by Gasteiger charge is 2.23. The van der Waals surface area contributed by atoms with Crippen molar-refractivity contribution in [3.63, 3.8) is 0 Å². The summed E-state index contributed by atoms with van der Waals surface area (Å²) in [6.45, 7) is 1.73. The molecule has 1 aliphatic carbocycles. The van der Waals surface area contributed by atoms with Crippen LogP contribution in [0.5, 0.6) is 5.75 Å². The van der Waals surface area contributed by atoms with E-state index in [9.17, 15) is 4.79 Å².